The highest BCUT2D eigenvalue weighted by Gasteiger charge is 2.19. The van der Waals surface area contributed by atoms with Gasteiger partial charge < -0.3 is 10.5 Å². The lowest BCUT2D eigenvalue weighted by atomic mass is 10.1. The van der Waals surface area contributed by atoms with Gasteiger partial charge in [-0.2, -0.15) is 4.73 Å². The molecule has 0 aliphatic rings. The monoisotopic (exact) mass is 435 g/mol. The molecule has 10 heteroatoms. The third kappa shape index (κ3) is 3.76. The minimum atomic E-state index is -0.759. The van der Waals surface area contributed by atoms with Crippen molar-refractivity contribution in [3.8, 4) is 11.4 Å². The normalized spacial score (nSPS) is 10.8. The number of rotatable bonds is 5. The maximum Gasteiger partial charge on any atom is 0.318 e. The van der Waals surface area contributed by atoms with Gasteiger partial charge in [-0.15, -0.1) is 0 Å². The van der Waals surface area contributed by atoms with E-state index in [4.69, 9.17) is 5.21 Å². The molecule has 1 aromatic heterocycles. The smallest absolute Gasteiger partial charge is 0.318 e. The van der Waals surface area contributed by atoms with E-state index < -0.39 is 11.7 Å². The van der Waals surface area contributed by atoms with Gasteiger partial charge in [0.15, 0.2) is 11.6 Å². The molecule has 9 nitrogen and oxygen atoms in total. The second kappa shape index (κ2) is 7.91. The molecule has 3 N–H and O–H groups in total. The van der Waals surface area contributed by atoms with Crippen molar-refractivity contribution in [2.75, 3.05) is 5.32 Å². The highest BCUT2D eigenvalue weighted by atomic mass is 19.1. The molecule has 4 rings (SSSR count). The number of amides is 1. The Morgan fingerprint density at radius 2 is 1.72 bits per heavy atom. The number of carbonyl (C=O) groups excluding carboxylic acids is 2. The molecule has 3 aromatic carbocycles. The van der Waals surface area contributed by atoms with E-state index in [0.717, 1.165) is 6.07 Å². The fraction of sp³-hybridized carbons (Fsp3) is 0.0455. The molecule has 0 radical (unpaired) electrons. The fourth-order valence-electron chi connectivity index (χ4n) is 3.16. The molecule has 0 aliphatic heterocycles. The molecule has 0 aliphatic carbocycles. The quantitative estimate of drug-likeness (QED) is 0.243. The van der Waals surface area contributed by atoms with E-state index in [9.17, 15) is 24.1 Å². The summed E-state index contributed by atoms with van der Waals surface area (Å²) in [4.78, 5) is 38.7. The van der Waals surface area contributed by atoms with Crippen LogP contribution in [0, 0.1) is 10.7 Å². The number of anilines is 1. The molecular formula is C22H16FN4O5+. The van der Waals surface area contributed by atoms with Crippen molar-refractivity contribution in [2.24, 2.45) is 0 Å². The number of benzene rings is 3. The zero-order valence-corrected chi connectivity index (χ0v) is 16.6. The number of halogens is 1. The van der Waals surface area contributed by atoms with Crippen LogP contribution in [0.25, 0.3) is 22.4 Å². The molecule has 160 valence electrons. The Morgan fingerprint density at radius 3 is 2.34 bits per heavy atom. The summed E-state index contributed by atoms with van der Waals surface area (Å²) in [6.45, 7) is 1.41. The molecule has 1 heterocycles. The Morgan fingerprint density at radius 1 is 1.03 bits per heavy atom. The van der Waals surface area contributed by atoms with Gasteiger partial charge in [0.2, 0.25) is 0 Å². The van der Waals surface area contributed by atoms with E-state index in [0.29, 0.717) is 15.8 Å². The van der Waals surface area contributed by atoms with E-state index in [1.807, 2.05) is 0 Å². The third-order valence-corrected chi connectivity index (χ3v) is 4.86. The Kier molecular flexibility index (Phi) is 5.11. The second-order valence-corrected chi connectivity index (χ2v) is 6.98. The predicted molar refractivity (Wildman–Crippen MR) is 112 cm³/mol. The topological polar surface area (TPSA) is 125 Å². The number of aromatic nitrogens is 2. The van der Waals surface area contributed by atoms with Crippen LogP contribution >= 0.6 is 0 Å². The maximum atomic E-state index is 14.7. The van der Waals surface area contributed by atoms with Crippen molar-refractivity contribution in [1.29, 1.82) is 0 Å². The van der Waals surface area contributed by atoms with Gasteiger partial charge in [0, 0.05) is 28.8 Å². The van der Waals surface area contributed by atoms with Gasteiger partial charge >= 0.3 is 5.69 Å². The number of nitrogens with zero attached hydrogens (tertiary/aromatic N) is 3. The Hall–Kier alpha value is -4.60. The Bertz CT molecular complexity index is 1400. The Labute approximate surface area is 179 Å². The van der Waals surface area contributed by atoms with E-state index in [-0.39, 0.29) is 44.5 Å². The largest absolute Gasteiger partial charge is 0.426 e. The molecule has 1 amide bonds. The molecule has 0 spiro atoms. The van der Waals surface area contributed by atoms with E-state index in [2.05, 4.69) is 10.3 Å². The summed E-state index contributed by atoms with van der Waals surface area (Å²) >= 11 is 0. The van der Waals surface area contributed by atoms with Gasteiger partial charge in [-0.05, 0) is 43.3 Å². The lowest BCUT2D eigenvalue weighted by Gasteiger charge is -2.08. The first-order valence-corrected chi connectivity index (χ1v) is 9.35. The summed E-state index contributed by atoms with van der Waals surface area (Å²) in [5, 5.41) is 21.9. The summed E-state index contributed by atoms with van der Waals surface area (Å²) in [7, 11) is 0. The molecule has 0 saturated heterocycles. The first kappa shape index (κ1) is 20.7. The van der Waals surface area contributed by atoms with Crippen LogP contribution in [0.2, 0.25) is 0 Å². The average Bonchev–Trinajstić information content (AvgIpc) is 3.11. The van der Waals surface area contributed by atoms with Gasteiger partial charge in [-0.3, -0.25) is 9.59 Å². The summed E-state index contributed by atoms with van der Waals surface area (Å²) < 4.78 is 15.4. The molecule has 0 bridgehead atoms. The zero-order valence-electron chi connectivity index (χ0n) is 16.6. The number of fused-ring (bicyclic) bond motifs is 1. The lowest BCUT2D eigenvalue weighted by molar-refractivity contribution is -0.729. The van der Waals surface area contributed by atoms with Crippen molar-refractivity contribution >= 4 is 34.1 Å². The van der Waals surface area contributed by atoms with Gasteiger partial charge in [0.1, 0.15) is 11.3 Å². The van der Waals surface area contributed by atoms with Crippen LogP contribution in [0.1, 0.15) is 27.6 Å². The maximum absolute atomic E-state index is 14.7. The van der Waals surface area contributed by atoms with Crippen LogP contribution in [0.5, 0.6) is 0 Å². The van der Waals surface area contributed by atoms with Gasteiger partial charge in [0.05, 0.1) is 16.1 Å². The van der Waals surface area contributed by atoms with Crippen molar-refractivity contribution in [3.05, 3.63) is 82.5 Å². The zero-order chi connectivity index (χ0) is 23.0. The van der Waals surface area contributed by atoms with Crippen LogP contribution in [0.3, 0.4) is 0 Å². The van der Waals surface area contributed by atoms with E-state index in [1.165, 1.54) is 61.5 Å². The van der Waals surface area contributed by atoms with Gasteiger partial charge in [-0.25, -0.2) is 14.6 Å². The van der Waals surface area contributed by atoms with Crippen molar-refractivity contribution < 1.29 is 29.3 Å². The van der Waals surface area contributed by atoms with Crippen LogP contribution in [0.15, 0.2) is 60.7 Å². The number of carbonyl (C=O) groups is 2. The van der Waals surface area contributed by atoms with E-state index in [1.54, 1.807) is 0 Å². The SMILES string of the molecule is CC(=O)c1ccc(C(=O)Nc2ccc(-c3nc4ccc([N+](=O)O)cc4n3O)cc2F)cc1. The first-order chi connectivity index (χ1) is 15.2. The number of hydrogen-bond acceptors (Lipinski definition) is 5. The number of ketones is 1. The van der Waals surface area contributed by atoms with Crippen molar-refractivity contribution in [2.45, 2.75) is 6.92 Å². The molecule has 0 fully saturated rings. The van der Waals surface area contributed by atoms with Crippen LogP contribution in [-0.4, -0.2) is 36.7 Å². The van der Waals surface area contributed by atoms with Gasteiger partial charge in [0.25, 0.3) is 10.8 Å². The standard InChI is InChI=1S/C22H15FN4O5/c1-12(28)13-2-4-14(5-3-13)22(29)25-18-8-6-15(10-17(18)23)21-24-19-9-7-16(27(31)32)11-20(19)26(21)30/h2-11,30H,1H3,(H-,24,25,29,31,32)/p+1. The molecule has 4 aromatic rings. The molecule has 0 saturated carbocycles. The van der Waals surface area contributed by atoms with Crippen molar-refractivity contribution in [1.82, 2.24) is 9.71 Å². The van der Waals surface area contributed by atoms with Crippen LogP contribution in [0.4, 0.5) is 15.8 Å². The molecule has 32 heavy (non-hydrogen) atoms. The third-order valence-electron chi connectivity index (χ3n) is 4.86. The number of hydrogen-bond donors (Lipinski definition) is 3. The van der Waals surface area contributed by atoms with Crippen LogP contribution < -0.4 is 5.32 Å². The number of imidazole rings is 1. The summed E-state index contributed by atoms with van der Waals surface area (Å²) in [5.74, 6) is -1.44. The average molecular weight is 435 g/mol. The fourth-order valence-corrected chi connectivity index (χ4v) is 3.16. The summed E-state index contributed by atoms with van der Waals surface area (Å²) in [5.41, 5.74) is 1.19. The summed E-state index contributed by atoms with van der Waals surface area (Å²) in [6.07, 6.45) is 0. The minimum Gasteiger partial charge on any atom is -0.426 e. The molecule has 0 atom stereocenters. The predicted octanol–water partition coefficient (Wildman–Crippen LogP) is 4.33. The highest BCUT2D eigenvalue weighted by molar-refractivity contribution is 6.05. The molecule has 0 unspecified atom stereocenters. The first-order valence-electron chi connectivity index (χ1n) is 9.35. The molecular weight excluding hydrogens is 419 g/mol. The second-order valence-electron chi connectivity index (χ2n) is 6.98. The lowest BCUT2D eigenvalue weighted by Crippen LogP contribution is -2.13. The van der Waals surface area contributed by atoms with Gasteiger partial charge in [-0.1, -0.05) is 12.1 Å². The number of nitrogens with one attached hydrogen (secondary N) is 1. The highest BCUT2D eigenvalue weighted by Crippen LogP contribution is 2.28. The minimum absolute atomic E-state index is 0.00383. The Balaban J connectivity index is 1.61. The summed E-state index contributed by atoms with van der Waals surface area (Å²) in [6, 6.07) is 13.8. The number of Topliss-reactive ketones (excluding diaryl/α,β-unsaturated/α-hetero) is 1. The van der Waals surface area contributed by atoms with Crippen molar-refractivity contribution in [3.63, 3.8) is 0 Å². The van der Waals surface area contributed by atoms with Crippen LogP contribution in [-0.2, 0) is 0 Å². The van der Waals surface area contributed by atoms with E-state index >= 15 is 0 Å².